The number of nitrogens with one attached hydrogen (secondary N) is 1. The van der Waals surface area contributed by atoms with E-state index in [1.165, 1.54) is 141 Å². The van der Waals surface area contributed by atoms with Crippen LogP contribution in [0.2, 0.25) is 0 Å². The lowest BCUT2D eigenvalue weighted by Crippen LogP contribution is -2.46. The maximum absolute atomic E-state index is 12.7. The molecule has 3 atom stereocenters. The van der Waals surface area contributed by atoms with Gasteiger partial charge in [0.2, 0.25) is 5.91 Å². The van der Waals surface area contributed by atoms with Crippen LogP contribution in [0.15, 0.2) is 12.2 Å². The van der Waals surface area contributed by atoms with Gasteiger partial charge in [0.25, 0.3) is 0 Å². The van der Waals surface area contributed by atoms with Crippen molar-refractivity contribution in [2.45, 2.75) is 219 Å². The number of phosphoric acid groups is 1. The molecule has 3 unspecified atom stereocenters. The molecule has 0 aromatic rings. The van der Waals surface area contributed by atoms with E-state index >= 15 is 0 Å². The van der Waals surface area contributed by atoms with Gasteiger partial charge < -0.3 is 19.8 Å². The number of hydrogen-bond donors (Lipinski definition) is 3. The number of quaternary nitrogens is 1. The summed E-state index contributed by atoms with van der Waals surface area (Å²) in [7, 11) is 1.61. The molecule has 0 aromatic carbocycles. The average molecular weight is 760 g/mol. The summed E-state index contributed by atoms with van der Waals surface area (Å²) in [5.74, 6) is -0.154. The zero-order valence-electron chi connectivity index (χ0n) is 35.1. The zero-order chi connectivity index (χ0) is 38.6. The van der Waals surface area contributed by atoms with Crippen LogP contribution in [-0.4, -0.2) is 73.4 Å². The maximum Gasteiger partial charge on any atom is 0.472 e. The predicted molar refractivity (Wildman–Crippen MR) is 222 cm³/mol. The molecule has 1 amide bonds. The van der Waals surface area contributed by atoms with Crippen LogP contribution < -0.4 is 5.32 Å². The first-order chi connectivity index (χ1) is 25.0. The molecule has 0 fully saturated rings. The number of phosphoric ester groups is 1. The Bertz CT molecular complexity index is 865. The summed E-state index contributed by atoms with van der Waals surface area (Å²) in [6, 6.07) is -0.751. The van der Waals surface area contributed by atoms with Crippen LogP contribution >= 0.6 is 7.82 Å². The van der Waals surface area contributed by atoms with Crippen molar-refractivity contribution in [2.75, 3.05) is 40.9 Å². The van der Waals surface area contributed by atoms with E-state index in [-0.39, 0.29) is 19.1 Å². The summed E-state index contributed by atoms with van der Waals surface area (Å²) < 4.78 is 23.3. The van der Waals surface area contributed by atoms with Crippen LogP contribution in [0.25, 0.3) is 0 Å². The Morgan fingerprint density at radius 2 is 1.04 bits per heavy atom. The molecule has 0 heterocycles. The maximum atomic E-state index is 12.7. The van der Waals surface area contributed by atoms with Gasteiger partial charge in [-0.1, -0.05) is 174 Å². The first-order valence-corrected chi connectivity index (χ1v) is 23.5. The van der Waals surface area contributed by atoms with E-state index in [0.717, 1.165) is 38.5 Å². The highest BCUT2D eigenvalue weighted by molar-refractivity contribution is 7.47. The van der Waals surface area contributed by atoms with Gasteiger partial charge in [-0.25, -0.2) is 4.57 Å². The van der Waals surface area contributed by atoms with Crippen molar-refractivity contribution in [3.05, 3.63) is 12.2 Å². The highest BCUT2D eigenvalue weighted by atomic mass is 31.2. The lowest BCUT2D eigenvalue weighted by Gasteiger charge is -2.26. The number of hydrogen-bond acceptors (Lipinski definition) is 5. The van der Waals surface area contributed by atoms with Gasteiger partial charge in [0.05, 0.1) is 39.9 Å². The van der Waals surface area contributed by atoms with Crippen LogP contribution in [0.4, 0.5) is 0 Å². The number of aliphatic hydroxyl groups is 1. The van der Waals surface area contributed by atoms with Crippen molar-refractivity contribution in [2.24, 2.45) is 0 Å². The van der Waals surface area contributed by atoms with Crippen LogP contribution in [0, 0.1) is 0 Å². The molecule has 0 bridgehead atoms. The standard InChI is InChI=1S/C43H87N2O6P/c1-6-8-10-11-12-13-14-15-16-17-18-19-20-21-22-23-24-25-26-27-28-29-30-31-32-33-35-37-43(47)44-41(42(46)36-34-9-7-2)40-51-52(48,49)50-39-38-45(3,4)5/h17-18,41-42,46H,6-16,19-40H2,1-5H3,(H-,44,47,48,49)/p+1/b18-17-. The number of carbonyl (C=O) groups is 1. The fourth-order valence-electron chi connectivity index (χ4n) is 6.45. The minimum absolute atomic E-state index is 0.0750. The fourth-order valence-corrected chi connectivity index (χ4v) is 7.19. The molecule has 0 aliphatic heterocycles. The third-order valence-electron chi connectivity index (χ3n) is 10.0. The van der Waals surface area contributed by atoms with Crippen molar-refractivity contribution in [3.8, 4) is 0 Å². The van der Waals surface area contributed by atoms with Gasteiger partial charge >= 0.3 is 7.82 Å². The molecule has 0 saturated heterocycles. The minimum atomic E-state index is -4.28. The Morgan fingerprint density at radius 1 is 0.635 bits per heavy atom. The Balaban J connectivity index is 3.80. The van der Waals surface area contributed by atoms with Crippen molar-refractivity contribution in [3.63, 3.8) is 0 Å². The van der Waals surface area contributed by atoms with Crippen molar-refractivity contribution < 1.29 is 32.9 Å². The molecular weight excluding hydrogens is 671 g/mol. The van der Waals surface area contributed by atoms with Gasteiger partial charge in [0, 0.05) is 6.42 Å². The van der Waals surface area contributed by atoms with Crippen LogP contribution in [0.1, 0.15) is 206 Å². The molecule has 52 heavy (non-hydrogen) atoms. The smallest absolute Gasteiger partial charge is 0.391 e. The molecule has 0 radical (unpaired) electrons. The number of carbonyl (C=O) groups excluding carboxylic acids is 1. The summed E-state index contributed by atoms with van der Waals surface area (Å²) in [6.45, 7) is 4.73. The molecule has 8 nitrogen and oxygen atoms in total. The van der Waals surface area contributed by atoms with E-state index < -0.39 is 20.0 Å². The molecule has 9 heteroatoms. The largest absolute Gasteiger partial charge is 0.472 e. The molecule has 0 aliphatic rings. The molecule has 0 spiro atoms. The number of nitrogens with zero attached hydrogens (tertiary/aromatic N) is 1. The highest BCUT2D eigenvalue weighted by Gasteiger charge is 2.28. The van der Waals surface area contributed by atoms with E-state index in [9.17, 15) is 19.4 Å². The monoisotopic (exact) mass is 760 g/mol. The third kappa shape index (κ3) is 37.6. The number of aliphatic hydroxyl groups excluding tert-OH is 1. The summed E-state index contributed by atoms with van der Waals surface area (Å²) in [4.78, 5) is 22.8. The van der Waals surface area contributed by atoms with Crippen molar-refractivity contribution in [1.82, 2.24) is 5.32 Å². The highest BCUT2D eigenvalue weighted by Crippen LogP contribution is 2.43. The summed E-state index contributed by atoms with van der Waals surface area (Å²) in [5.41, 5.74) is 0. The number of unbranched alkanes of at least 4 members (excludes halogenated alkanes) is 25. The van der Waals surface area contributed by atoms with Crippen molar-refractivity contribution >= 4 is 13.7 Å². The Morgan fingerprint density at radius 3 is 1.48 bits per heavy atom. The van der Waals surface area contributed by atoms with Gasteiger partial charge in [0.15, 0.2) is 0 Å². The first kappa shape index (κ1) is 51.2. The molecule has 0 aromatic heterocycles. The van der Waals surface area contributed by atoms with Crippen molar-refractivity contribution in [1.29, 1.82) is 0 Å². The van der Waals surface area contributed by atoms with Gasteiger partial charge in [-0.2, -0.15) is 0 Å². The minimum Gasteiger partial charge on any atom is -0.391 e. The second kappa shape index (κ2) is 35.9. The second-order valence-corrected chi connectivity index (χ2v) is 17.9. The van der Waals surface area contributed by atoms with Crippen LogP contribution in [-0.2, 0) is 18.4 Å². The topological polar surface area (TPSA) is 105 Å². The van der Waals surface area contributed by atoms with Crippen LogP contribution in [0.5, 0.6) is 0 Å². The number of likely N-dealkylation sites (N-methyl/N-ethyl adjacent to an activating group) is 1. The van der Waals surface area contributed by atoms with E-state index in [4.69, 9.17) is 9.05 Å². The van der Waals surface area contributed by atoms with Gasteiger partial charge in [-0.15, -0.1) is 0 Å². The second-order valence-electron chi connectivity index (χ2n) is 16.4. The van der Waals surface area contributed by atoms with E-state index in [1.54, 1.807) is 0 Å². The predicted octanol–water partition coefficient (Wildman–Crippen LogP) is 12.0. The average Bonchev–Trinajstić information content (AvgIpc) is 3.09. The first-order valence-electron chi connectivity index (χ1n) is 22.1. The molecule has 310 valence electrons. The molecule has 0 saturated carbocycles. The summed E-state index contributed by atoms with van der Waals surface area (Å²) in [5, 5.41) is 13.6. The molecular formula is C43H88N2O6P+. The normalized spacial score (nSPS) is 14.5. The van der Waals surface area contributed by atoms with Crippen LogP contribution in [0.3, 0.4) is 0 Å². The fraction of sp³-hybridized carbons (Fsp3) is 0.930. The summed E-state index contributed by atoms with van der Waals surface area (Å²) in [6.07, 6.45) is 40.5. The third-order valence-corrected chi connectivity index (χ3v) is 11.0. The molecule has 0 rings (SSSR count). The SMILES string of the molecule is CCCCCCCCCC/C=C\CCCCCCCCCCCCCCCCCC(=O)NC(COP(=O)(O)OCC[N+](C)(C)C)C(O)CCCCC. The number of amides is 1. The molecule has 0 aliphatic carbocycles. The zero-order valence-corrected chi connectivity index (χ0v) is 36.0. The number of rotatable bonds is 40. The van der Waals surface area contributed by atoms with Gasteiger partial charge in [0.1, 0.15) is 13.2 Å². The summed E-state index contributed by atoms with van der Waals surface area (Å²) >= 11 is 0. The lowest BCUT2D eigenvalue weighted by atomic mass is 10.0. The Kier molecular flexibility index (Phi) is 35.4. The van der Waals surface area contributed by atoms with E-state index in [2.05, 4.69) is 31.3 Å². The van der Waals surface area contributed by atoms with E-state index in [1.807, 2.05) is 21.1 Å². The molecule has 3 N–H and O–H groups in total. The Labute approximate surface area is 322 Å². The quantitative estimate of drug-likeness (QED) is 0.0249. The van der Waals surface area contributed by atoms with Gasteiger partial charge in [-0.05, 0) is 38.5 Å². The lowest BCUT2D eigenvalue weighted by molar-refractivity contribution is -0.870. The van der Waals surface area contributed by atoms with E-state index in [0.29, 0.717) is 23.9 Å². The van der Waals surface area contributed by atoms with Gasteiger partial charge in [-0.3, -0.25) is 13.8 Å². The Hall–Kier alpha value is -0.760. The number of allylic oxidation sites excluding steroid dienone is 2.